The number of likely N-dealkylation sites (tertiary alicyclic amines) is 2. The van der Waals surface area contributed by atoms with Gasteiger partial charge in [0.1, 0.15) is 6.04 Å². The normalized spacial score (nSPS) is 45.4. The van der Waals surface area contributed by atoms with Gasteiger partial charge in [0.05, 0.1) is 46.3 Å². The van der Waals surface area contributed by atoms with E-state index in [2.05, 4.69) is 34.0 Å². The molecule has 0 radical (unpaired) electrons. The van der Waals surface area contributed by atoms with Crippen LogP contribution in [0.5, 0.6) is 0 Å². The average molecular weight is 739 g/mol. The Balaban J connectivity index is 0.00000160. The lowest BCUT2D eigenvalue weighted by Gasteiger charge is -2.58. The Hall–Kier alpha value is 0.590. The van der Waals surface area contributed by atoms with Crippen molar-refractivity contribution in [1.82, 2.24) is 0 Å². The first-order valence-corrected chi connectivity index (χ1v) is 15.1. The molecule has 0 amide bonds. The SMILES string of the molecule is CC(=O)O[C@H]1[C@@H]([N+]2(C)CCCC2)CC2C3CC=C4C[C@@H]([N+]5(C)CCCC5)CC[C@]4(C)C3CC[C@@]21C.[I-].[I-]. The number of likely N-dealkylation sites (N-methyl/N-ethyl adjacent to an activating group) is 1. The van der Waals surface area contributed by atoms with Crippen LogP contribution in [0.3, 0.4) is 0 Å². The third kappa shape index (κ3) is 4.79. The minimum atomic E-state index is -0.0653. The molecule has 8 atom stereocenters. The van der Waals surface area contributed by atoms with Gasteiger partial charge in [0, 0.05) is 57.3 Å². The number of halogens is 2. The van der Waals surface area contributed by atoms with Crippen molar-refractivity contribution in [2.75, 3.05) is 40.3 Å². The van der Waals surface area contributed by atoms with E-state index < -0.39 is 0 Å². The fraction of sp³-hybridized carbons (Fsp3) is 0.903. The van der Waals surface area contributed by atoms with Crippen LogP contribution in [-0.2, 0) is 9.53 Å². The molecule has 0 aromatic carbocycles. The lowest BCUT2D eigenvalue weighted by Crippen LogP contribution is -3.00. The van der Waals surface area contributed by atoms with E-state index in [1.807, 2.05) is 5.57 Å². The van der Waals surface area contributed by atoms with Crippen LogP contribution in [0.25, 0.3) is 0 Å². The average Bonchev–Trinajstić information content (AvgIpc) is 3.52. The van der Waals surface area contributed by atoms with Gasteiger partial charge in [-0.05, 0) is 48.9 Å². The summed E-state index contributed by atoms with van der Waals surface area (Å²) in [6.45, 7) is 12.1. The molecule has 0 aromatic rings. The van der Waals surface area contributed by atoms with Crippen LogP contribution in [0.4, 0.5) is 0 Å². The summed E-state index contributed by atoms with van der Waals surface area (Å²) in [5.41, 5.74) is 2.38. The van der Waals surface area contributed by atoms with Crippen LogP contribution >= 0.6 is 0 Å². The van der Waals surface area contributed by atoms with Crippen molar-refractivity contribution in [3.8, 4) is 0 Å². The Morgan fingerprint density at radius 1 is 0.919 bits per heavy atom. The number of esters is 1. The molecule has 2 aliphatic heterocycles. The van der Waals surface area contributed by atoms with Crippen molar-refractivity contribution in [2.45, 2.75) is 110 Å². The first-order valence-electron chi connectivity index (χ1n) is 15.1. The van der Waals surface area contributed by atoms with Gasteiger partial charge in [0.25, 0.3) is 0 Å². The molecule has 0 aromatic heterocycles. The summed E-state index contributed by atoms with van der Waals surface area (Å²) in [5.74, 6) is 2.23. The summed E-state index contributed by atoms with van der Waals surface area (Å²) < 4.78 is 8.77. The molecule has 2 heterocycles. The number of allylic oxidation sites excluding steroid dienone is 1. The molecule has 4 aliphatic carbocycles. The number of hydrogen-bond donors (Lipinski definition) is 0. The second kappa shape index (κ2) is 10.8. The van der Waals surface area contributed by atoms with Crippen molar-refractivity contribution >= 4 is 5.97 Å². The van der Waals surface area contributed by atoms with E-state index in [-0.39, 0.29) is 65.4 Å². The Morgan fingerprint density at radius 2 is 1.54 bits per heavy atom. The van der Waals surface area contributed by atoms with Crippen LogP contribution in [0, 0.1) is 28.6 Å². The maximum atomic E-state index is 12.3. The van der Waals surface area contributed by atoms with Crippen molar-refractivity contribution in [3.63, 3.8) is 0 Å². The Morgan fingerprint density at radius 3 is 2.16 bits per heavy atom. The zero-order valence-corrected chi connectivity index (χ0v) is 28.4. The smallest absolute Gasteiger partial charge is 0.303 e. The van der Waals surface area contributed by atoms with E-state index in [0.29, 0.717) is 17.4 Å². The van der Waals surface area contributed by atoms with Crippen molar-refractivity contribution in [2.24, 2.45) is 28.6 Å². The van der Waals surface area contributed by atoms with E-state index in [1.165, 1.54) is 101 Å². The maximum Gasteiger partial charge on any atom is 0.303 e. The second-order valence-electron chi connectivity index (χ2n) is 14.8. The highest BCUT2D eigenvalue weighted by molar-refractivity contribution is 5.66. The predicted molar refractivity (Wildman–Crippen MR) is 141 cm³/mol. The van der Waals surface area contributed by atoms with Crippen molar-refractivity contribution in [3.05, 3.63) is 11.6 Å². The van der Waals surface area contributed by atoms with Crippen LogP contribution in [-0.4, -0.2) is 73.4 Å². The molecule has 2 saturated heterocycles. The summed E-state index contributed by atoms with van der Waals surface area (Å²) in [7, 11) is 5.02. The summed E-state index contributed by atoms with van der Waals surface area (Å²) >= 11 is 0. The second-order valence-corrected chi connectivity index (χ2v) is 14.8. The largest absolute Gasteiger partial charge is 1.00 e. The Bertz CT molecular complexity index is 896. The fourth-order valence-electron chi connectivity index (χ4n) is 10.9. The summed E-state index contributed by atoms with van der Waals surface area (Å²) in [4.78, 5) is 12.3. The molecule has 37 heavy (non-hydrogen) atoms. The number of nitrogens with zero attached hydrogens (tertiary/aromatic N) is 2. The van der Waals surface area contributed by atoms with Gasteiger partial charge in [-0.3, -0.25) is 4.79 Å². The highest BCUT2D eigenvalue weighted by Gasteiger charge is 2.66. The first kappa shape index (κ1) is 30.5. The molecule has 5 fully saturated rings. The number of quaternary nitrogens is 2. The van der Waals surface area contributed by atoms with Gasteiger partial charge in [-0.15, -0.1) is 0 Å². The predicted octanol–water partition coefficient (Wildman–Crippen LogP) is -0.283. The van der Waals surface area contributed by atoms with E-state index in [1.54, 1.807) is 6.92 Å². The maximum absolute atomic E-state index is 12.3. The summed E-state index contributed by atoms with van der Waals surface area (Å²) in [6, 6.07) is 1.34. The topological polar surface area (TPSA) is 26.3 Å². The molecule has 6 rings (SSSR count). The first-order chi connectivity index (χ1) is 16.6. The van der Waals surface area contributed by atoms with Gasteiger partial charge in [0.2, 0.25) is 0 Å². The molecule has 3 unspecified atom stereocenters. The number of ether oxygens (including phenoxy) is 1. The number of hydrogen-bond acceptors (Lipinski definition) is 2. The fourth-order valence-corrected chi connectivity index (χ4v) is 10.9. The van der Waals surface area contributed by atoms with Gasteiger partial charge >= 0.3 is 5.97 Å². The lowest BCUT2D eigenvalue weighted by atomic mass is 9.47. The molecular formula is C31H52I2N2O2. The van der Waals surface area contributed by atoms with Gasteiger partial charge in [-0.25, -0.2) is 0 Å². The number of rotatable bonds is 3. The van der Waals surface area contributed by atoms with E-state index in [4.69, 9.17) is 4.74 Å². The highest BCUT2D eigenvalue weighted by Crippen LogP contribution is 2.66. The van der Waals surface area contributed by atoms with Crippen molar-refractivity contribution in [1.29, 1.82) is 0 Å². The zero-order valence-electron chi connectivity index (χ0n) is 24.1. The quantitative estimate of drug-likeness (QED) is 0.173. The number of fused-ring (bicyclic) bond motifs is 5. The minimum absolute atomic E-state index is 0. The number of carbonyl (C=O) groups is 1. The standard InChI is InChI=1S/C31H52N2O2.2HI/c1-22(34)35-29-28(33(5)18-8-9-19-33)21-27-25-11-10-23-20-24(32(4)16-6-7-17-32)12-14-30(23,2)26(25)13-15-31(27,29)3;;/h10,24-29H,6-9,11-21H2,1-5H3;2*1H/q+2;;/p-2/t24-,25?,26?,27?,28-,29-,30-,31-;;/m0../s1. The third-order valence-corrected chi connectivity index (χ3v) is 13.2. The van der Waals surface area contributed by atoms with Crippen LogP contribution in [0.2, 0.25) is 0 Å². The highest BCUT2D eigenvalue weighted by atomic mass is 127. The van der Waals surface area contributed by atoms with E-state index >= 15 is 0 Å². The Kier molecular flexibility index (Phi) is 8.89. The zero-order chi connectivity index (χ0) is 24.6. The molecule has 6 heteroatoms. The minimum Gasteiger partial charge on any atom is -1.00 e. The third-order valence-electron chi connectivity index (χ3n) is 13.2. The molecule has 0 spiro atoms. The lowest BCUT2D eigenvalue weighted by molar-refractivity contribution is -0.924. The monoisotopic (exact) mass is 738 g/mol. The molecule has 212 valence electrons. The molecule has 3 saturated carbocycles. The van der Waals surface area contributed by atoms with Gasteiger partial charge in [-0.1, -0.05) is 25.5 Å². The summed E-state index contributed by atoms with van der Waals surface area (Å²) in [5, 5.41) is 0. The van der Waals surface area contributed by atoms with Gasteiger partial charge in [-0.2, -0.15) is 0 Å². The van der Waals surface area contributed by atoms with Crippen LogP contribution in [0.15, 0.2) is 11.6 Å². The summed E-state index contributed by atoms with van der Waals surface area (Å²) in [6.07, 6.45) is 17.6. The molecular weight excluding hydrogens is 686 g/mol. The molecule has 0 bridgehead atoms. The van der Waals surface area contributed by atoms with E-state index in [9.17, 15) is 4.79 Å². The Labute approximate surface area is 260 Å². The van der Waals surface area contributed by atoms with Gasteiger partial charge in [0.15, 0.2) is 6.10 Å². The van der Waals surface area contributed by atoms with Gasteiger partial charge < -0.3 is 61.7 Å². The molecule has 0 N–H and O–H groups in total. The van der Waals surface area contributed by atoms with Crippen molar-refractivity contribution < 1.29 is 66.5 Å². The van der Waals surface area contributed by atoms with E-state index in [0.717, 1.165) is 22.4 Å². The number of carbonyl (C=O) groups excluding carboxylic acids is 1. The van der Waals surface area contributed by atoms with Crippen LogP contribution < -0.4 is 48.0 Å². The molecule has 6 aliphatic rings. The molecule has 4 nitrogen and oxygen atoms in total. The van der Waals surface area contributed by atoms with Crippen LogP contribution in [0.1, 0.15) is 91.4 Å².